The number of anilines is 1. The van der Waals surface area contributed by atoms with Crippen molar-refractivity contribution < 1.29 is 14.4 Å². The Labute approximate surface area is 234 Å². The van der Waals surface area contributed by atoms with E-state index in [-0.39, 0.29) is 21.4 Å². The molecule has 0 spiro atoms. The number of hydrogen-bond donors (Lipinski definition) is 3. The predicted molar refractivity (Wildman–Crippen MR) is 153 cm³/mol. The summed E-state index contributed by atoms with van der Waals surface area (Å²) < 4.78 is 1.70. The van der Waals surface area contributed by atoms with Gasteiger partial charge in [0.1, 0.15) is 9.75 Å². The summed E-state index contributed by atoms with van der Waals surface area (Å²) >= 11 is 21.3. The van der Waals surface area contributed by atoms with Gasteiger partial charge in [-0.25, -0.2) is 0 Å². The van der Waals surface area contributed by atoms with Gasteiger partial charge in [-0.1, -0.05) is 53.0 Å². The van der Waals surface area contributed by atoms with Gasteiger partial charge < -0.3 is 5.32 Å². The van der Waals surface area contributed by atoms with E-state index in [4.69, 9.17) is 34.8 Å². The molecule has 0 saturated heterocycles. The van der Waals surface area contributed by atoms with Crippen molar-refractivity contribution in [2.75, 3.05) is 5.32 Å². The summed E-state index contributed by atoms with van der Waals surface area (Å²) in [7, 11) is 0. The second kappa shape index (κ2) is 10.3. The zero-order valence-electron chi connectivity index (χ0n) is 18.9. The molecule has 186 valence electrons. The standard InChI is InChI=1S/C26H16Cl3N3O3S2/c1-12-2-8-16-18(10-12)36-22(20(16)28)25(34)30-15-6-3-13(4-7-15)24(33)31-32-26(35)23-21(29)17-9-5-14(27)11-19(17)37-23/h2-11H,1H3,(H,30,34)(H,31,33)(H,32,35). The Morgan fingerprint density at radius 1 is 0.676 bits per heavy atom. The number of nitrogens with one attached hydrogen (secondary N) is 3. The van der Waals surface area contributed by atoms with Crippen LogP contribution < -0.4 is 16.2 Å². The van der Waals surface area contributed by atoms with E-state index in [1.165, 1.54) is 34.8 Å². The molecule has 2 heterocycles. The lowest BCUT2D eigenvalue weighted by atomic mass is 10.2. The highest BCUT2D eigenvalue weighted by molar-refractivity contribution is 7.22. The van der Waals surface area contributed by atoms with Gasteiger partial charge in [0.15, 0.2) is 0 Å². The molecule has 0 atom stereocenters. The van der Waals surface area contributed by atoms with E-state index in [1.807, 2.05) is 25.1 Å². The summed E-state index contributed by atoms with van der Waals surface area (Å²) in [6.07, 6.45) is 0. The van der Waals surface area contributed by atoms with Crippen molar-refractivity contribution in [1.29, 1.82) is 0 Å². The van der Waals surface area contributed by atoms with Crippen LogP contribution in [0.25, 0.3) is 20.2 Å². The number of halogens is 3. The molecular weight excluding hydrogens is 573 g/mol. The summed E-state index contributed by atoms with van der Waals surface area (Å²) in [5.41, 5.74) is 6.60. The number of aryl methyl sites for hydroxylation is 1. The number of fused-ring (bicyclic) bond motifs is 2. The zero-order chi connectivity index (χ0) is 26.3. The average molecular weight is 589 g/mol. The SMILES string of the molecule is Cc1ccc2c(Cl)c(C(=O)Nc3ccc(C(=O)NNC(=O)c4sc5cc(Cl)ccc5c4Cl)cc3)sc2c1. The quantitative estimate of drug-likeness (QED) is 0.188. The van der Waals surface area contributed by atoms with E-state index >= 15 is 0 Å². The van der Waals surface area contributed by atoms with Crippen LogP contribution >= 0.6 is 57.5 Å². The first-order valence-corrected chi connectivity index (χ1v) is 13.6. The van der Waals surface area contributed by atoms with Crippen LogP contribution in [0, 0.1) is 6.92 Å². The van der Waals surface area contributed by atoms with Crippen molar-refractivity contribution >= 4 is 101 Å². The molecule has 0 aliphatic heterocycles. The second-order valence-corrected chi connectivity index (χ2v) is 11.4. The predicted octanol–water partition coefficient (Wildman–Crippen LogP) is 7.71. The van der Waals surface area contributed by atoms with E-state index in [9.17, 15) is 14.4 Å². The highest BCUT2D eigenvalue weighted by atomic mass is 35.5. The van der Waals surface area contributed by atoms with Crippen LogP contribution in [0.1, 0.15) is 35.3 Å². The Hall–Kier alpha value is -3.14. The number of hydrazine groups is 1. The molecule has 2 aromatic heterocycles. The number of benzene rings is 3. The highest BCUT2D eigenvalue weighted by Crippen LogP contribution is 2.37. The van der Waals surface area contributed by atoms with Crippen LogP contribution in [0.4, 0.5) is 5.69 Å². The highest BCUT2D eigenvalue weighted by Gasteiger charge is 2.19. The lowest BCUT2D eigenvalue weighted by molar-refractivity contribution is 0.0849. The summed E-state index contributed by atoms with van der Waals surface area (Å²) in [4.78, 5) is 38.6. The minimum atomic E-state index is -0.546. The van der Waals surface area contributed by atoms with Gasteiger partial charge >= 0.3 is 0 Å². The average Bonchev–Trinajstić information content (AvgIpc) is 3.38. The van der Waals surface area contributed by atoms with Gasteiger partial charge in [-0.15, -0.1) is 22.7 Å². The first-order chi connectivity index (χ1) is 17.7. The fraction of sp³-hybridized carbons (Fsp3) is 0.0385. The molecule has 0 unspecified atom stereocenters. The lowest BCUT2D eigenvalue weighted by Crippen LogP contribution is -2.41. The largest absolute Gasteiger partial charge is 0.321 e. The van der Waals surface area contributed by atoms with Crippen molar-refractivity contribution in [3.63, 3.8) is 0 Å². The molecule has 3 aromatic carbocycles. The number of thiophene rings is 2. The molecule has 6 nitrogen and oxygen atoms in total. The summed E-state index contributed by atoms with van der Waals surface area (Å²) in [5.74, 6) is -1.42. The number of rotatable bonds is 4. The maximum Gasteiger partial charge on any atom is 0.281 e. The van der Waals surface area contributed by atoms with Crippen molar-refractivity contribution in [2.24, 2.45) is 0 Å². The van der Waals surface area contributed by atoms with Crippen molar-refractivity contribution in [1.82, 2.24) is 10.9 Å². The Morgan fingerprint density at radius 3 is 1.92 bits per heavy atom. The molecular formula is C26H16Cl3N3O3S2. The molecule has 0 saturated carbocycles. The van der Waals surface area contributed by atoms with Gasteiger partial charge in [-0.3, -0.25) is 25.2 Å². The fourth-order valence-electron chi connectivity index (χ4n) is 3.64. The molecule has 0 fully saturated rings. The molecule has 3 amide bonds. The molecule has 0 bridgehead atoms. The van der Waals surface area contributed by atoms with Gasteiger partial charge in [0, 0.05) is 36.4 Å². The monoisotopic (exact) mass is 587 g/mol. The third-order valence-electron chi connectivity index (χ3n) is 5.48. The fourth-order valence-corrected chi connectivity index (χ4v) is 6.84. The van der Waals surface area contributed by atoms with Crippen LogP contribution in [0.2, 0.25) is 15.1 Å². The number of carbonyl (C=O) groups is 3. The topological polar surface area (TPSA) is 87.3 Å². The normalized spacial score (nSPS) is 11.0. The number of hydrogen-bond acceptors (Lipinski definition) is 5. The Balaban J connectivity index is 1.22. The molecule has 5 rings (SSSR count). The minimum Gasteiger partial charge on any atom is -0.321 e. The van der Waals surface area contributed by atoms with Gasteiger partial charge in [-0.05, 0) is 55.0 Å². The summed E-state index contributed by atoms with van der Waals surface area (Å²) in [6, 6.07) is 17.2. The summed E-state index contributed by atoms with van der Waals surface area (Å²) in [6.45, 7) is 1.98. The van der Waals surface area contributed by atoms with Crippen molar-refractivity contribution in [3.05, 3.63) is 96.6 Å². The lowest BCUT2D eigenvalue weighted by Gasteiger charge is -2.08. The van der Waals surface area contributed by atoms with E-state index < -0.39 is 11.8 Å². The molecule has 11 heteroatoms. The molecule has 3 N–H and O–H groups in total. The minimum absolute atomic E-state index is 0.257. The molecule has 0 aliphatic carbocycles. The van der Waals surface area contributed by atoms with Crippen molar-refractivity contribution in [2.45, 2.75) is 6.92 Å². The summed E-state index contributed by atoms with van der Waals surface area (Å²) in [5, 5.41) is 5.57. The zero-order valence-corrected chi connectivity index (χ0v) is 22.8. The molecule has 0 radical (unpaired) electrons. The van der Waals surface area contributed by atoms with Crippen LogP contribution in [0.5, 0.6) is 0 Å². The van der Waals surface area contributed by atoms with Crippen LogP contribution in [0.15, 0.2) is 60.7 Å². The first kappa shape index (κ1) is 25.5. The van der Waals surface area contributed by atoms with Gasteiger partial charge in [0.05, 0.1) is 10.0 Å². The Bertz CT molecular complexity index is 1710. The second-order valence-electron chi connectivity index (χ2n) is 8.07. The molecule has 37 heavy (non-hydrogen) atoms. The smallest absolute Gasteiger partial charge is 0.281 e. The molecule has 0 aliphatic rings. The third kappa shape index (κ3) is 5.16. The Kier molecular flexibility index (Phi) is 7.11. The number of carbonyl (C=O) groups excluding carboxylic acids is 3. The van der Waals surface area contributed by atoms with Crippen LogP contribution in [-0.4, -0.2) is 17.7 Å². The number of amides is 3. The van der Waals surface area contributed by atoms with E-state index in [0.717, 1.165) is 20.3 Å². The van der Waals surface area contributed by atoms with Crippen LogP contribution in [-0.2, 0) is 0 Å². The van der Waals surface area contributed by atoms with Gasteiger partial charge in [0.25, 0.3) is 17.7 Å². The van der Waals surface area contributed by atoms with E-state index in [0.29, 0.717) is 26.0 Å². The maximum absolute atomic E-state index is 12.8. The Morgan fingerprint density at radius 2 is 1.24 bits per heavy atom. The maximum atomic E-state index is 12.8. The van der Waals surface area contributed by atoms with Crippen molar-refractivity contribution in [3.8, 4) is 0 Å². The van der Waals surface area contributed by atoms with Gasteiger partial charge in [0.2, 0.25) is 0 Å². The van der Waals surface area contributed by atoms with Crippen LogP contribution in [0.3, 0.4) is 0 Å². The molecule has 5 aromatic rings. The van der Waals surface area contributed by atoms with E-state index in [2.05, 4.69) is 16.2 Å². The third-order valence-corrected chi connectivity index (χ3v) is 9.03. The first-order valence-electron chi connectivity index (χ1n) is 10.8. The van der Waals surface area contributed by atoms with Gasteiger partial charge in [-0.2, -0.15) is 0 Å². The van der Waals surface area contributed by atoms with E-state index in [1.54, 1.807) is 30.3 Å².